The first-order chi connectivity index (χ1) is 15.3. The lowest BCUT2D eigenvalue weighted by atomic mass is 10.1. The van der Waals surface area contributed by atoms with Crippen molar-refractivity contribution in [2.24, 2.45) is 0 Å². The molecule has 0 bridgehead atoms. The fraction of sp³-hybridized carbons (Fsp3) is 0.167. The van der Waals surface area contributed by atoms with Gasteiger partial charge in [-0.3, -0.25) is 0 Å². The summed E-state index contributed by atoms with van der Waals surface area (Å²) in [5.41, 5.74) is 4.68. The van der Waals surface area contributed by atoms with E-state index in [1.54, 1.807) is 13.3 Å². The molecular formula is C24H24N6O. The van der Waals surface area contributed by atoms with Crippen LogP contribution in [0.5, 0.6) is 5.75 Å². The summed E-state index contributed by atoms with van der Waals surface area (Å²) >= 11 is 0. The number of aromatic amines is 2. The van der Waals surface area contributed by atoms with Gasteiger partial charge < -0.3 is 25.3 Å². The molecule has 0 aliphatic carbocycles. The monoisotopic (exact) mass is 412 g/mol. The predicted octanol–water partition coefficient (Wildman–Crippen LogP) is 4.71. The van der Waals surface area contributed by atoms with Gasteiger partial charge in [0.2, 0.25) is 5.95 Å². The number of benzene rings is 2. The van der Waals surface area contributed by atoms with E-state index in [0.717, 1.165) is 35.6 Å². The van der Waals surface area contributed by atoms with E-state index in [1.807, 2.05) is 30.6 Å². The van der Waals surface area contributed by atoms with E-state index in [4.69, 9.17) is 4.74 Å². The molecule has 5 aromatic rings. The summed E-state index contributed by atoms with van der Waals surface area (Å²) in [6.45, 7) is 1.45. The van der Waals surface area contributed by atoms with E-state index >= 15 is 0 Å². The zero-order valence-corrected chi connectivity index (χ0v) is 17.3. The Morgan fingerprint density at radius 3 is 2.87 bits per heavy atom. The van der Waals surface area contributed by atoms with Gasteiger partial charge in [-0.15, -0.1) is 0 Å². The molecule has 0 atom stereocenters. The van der Waals surface area contributed by atoms with Gasteiger partial charge in [0.1, 0.15) is 11.6 Å². The van der Waals surface area contributed by atoms with Gasteiger partial charge in [-0.1, -0.05) is 6.07 Å². The van der Waals surface area contributed by atoms with Crippen LogP contribution in [0.15, 0.2) is 67.1 Å². The molecule has 7 nitrogen and oxygen atoms in total. The molecule has 5 rings (SSSR count). The number of nitrogens with zero attached hydrogens (tertiary/aromatic N) is 2. The zero-order chi connectivity index (χ0) is 21.0. The Labute approximate surface area is 179 Å². The quantitative estimate of drug-likeness (QED) is 0.296. The molecule has 3 heterocycles. The Morgan fingerprint density at radius 1 is 0.968 bits per heavy atom. The highest BCUT2D eigenvalue weighted by atomic mass is 16.5. The van der Waals surface area contributed by atoms with Crippen molar-refractivity contribution >= 4 is 33.6 Å². The maximum atomic E-state index is 5.29. The van der Waals surface area contributed by atoms with E-state index in [0.29, 0.717) is 12.5 Å². The number of hydrogen-bond acceptors (Lipinski definition) is 5. The minimum absolute atomic E-state index is 0.618. The van der Waals surface area contributed by atoms with Gasteiger partial charge in [-0.2, -0.15) is 4.98 Å². The molecule has 0 fully saturated rings. The molecule has 0 aliphatic heterocycles. The summed E-state index contributed by atoms with van der Waals surface area (Å²) in [6, 6.07) is 16.4. The number of fused-ring (bicyclic) bond motifs is 2. The number of methoxy groups -OCH3 is 1. The summed E-state index contributed by atoms with van der Waals surface area (Å²) in [6.07, 6.45) is 6.64. The summed E-state index contributed by atoms with van der Waals surface area (Å²) in [4.78, 5) is 15.4. The van der Waals surface area contributed by atoms with Crippen LogP contribution in [0.4, 0.5) is 11.8 Å². The highest BCUT2D eigenvalue weighted by Gasteiger charge is 2.06. The van der Waals surface area contributed by atoms with Crippen molar-refractivity contribution in [3.8, 4) is 5.75 Å². The average molecular weight is 412 g/mol. The maximum Gasteiger partial charge on any atom is 0.224 e. The van der Waals surface area contributed by atoms with Crippen LogP contribution in [0.2, 0.25) is 0 Å². The van der Waals surface area contributed by atoms with Crippen molar-refractivity contribution in [3.05, 3.63) is 78.2 Å². The number of H-pyrrole nitrogens is 2. The minimum Gasteiger partial charge on any atom is -0.497 e. The van der Waals surface area contributed by atoms with Crippen LogP contribution in [0.1, 0.15) is 11.1 Å². The molecule has 4 N–H and O–H groups in total. The van der Waals surface area contributed by atoms with Crippen LogP contribution < -0.4 is 15.4 Å². The van der Waals surface area contributed by atoms with Crippen molar-refractivity contribution in [1.82, 2.24) is 19.9 Å². The molecule has 0 spiro atoms. The van der Waals surface area contributed by atoms with Crippen LogP contribution in [-0.4, -0.2) is 33.6 Å². The topological polar surface area (TPSA) is 90.7 Å². The first-order valence-corrected chi connectivity index (χ1v) is 10.3. The molecule has 0 saturated carbocycles. The van der Waals surface area contributed by atoms with Gasteiger partial charge in [0.25, 0.3) is 0 Å². The Bertz CT molecular complexity index is 1320. The summed E-state index contributed by atoms with van der Waals surface area (Å²) in [7, 11) is 1.68. The lowest BCUT2D eigenvalue weighted by Crippen LogP contribution is -2.09. The smallest absolute Gasteiger partial charge is 0.224 e. The normalized spacial score (nSPS) is 11.1. The zero-order valence-electron chi connectivity index (χ0n) is 17.3. The van der Waals surface area contributed by atoms with Gasteiger partial charge in [0, 0.05) is 54.2 Å². The molecular weight excluding hydrogens is 388 g/mol. The van der Waals surface area contributed by atoms with Gasteiger partial charge >= 0.3 is 0 Å². The number of rotatable bonds is 8. The lowest BCUT2D eigenvalue weighted by Gasteiger charge is -2.09. The third-order valence-electron chi connectivity index (χ3n) is 5.40. The van der Waals surface area contributed by atoms with Gasteiger partial charge in [-0.25, -0.2) is 4.98 Å². The van der Waals surface area contributed by atoms with Gasteiger partial charge in [-0.05, 0) is 59.3 Å². The summed E-state index contributed by atoms with van der Waals surface area (Å²) in [5.74, 6) is 2.27. The largest absolute Gasteiger partial charge is 0.497 e. The first-order valence-electron chi connectivity index (χ1n) is 10.3. The van der Waals surface area contributed by atoms with Crippen molar-refractivity contribution in [3.63, 3.8) is 0 Å². The number of anilines is 2. The van der Waals surface area contributed by atoms with E-state index in [1.165, 1.54) is 21.9 Å². The van der Waals surface area contributed by atoms with Crippen LogP contribution in [0, 0.1) is 0 Å². The highest BCUT2D eigenvalue weighted by molar-refractivity contribution is 5.84. The predicted molar refractivity (Wildman–Crippen MR) is 125 cm³/mol. The van der Waals surface area contributed by atoms with Crippen LogP contribution in [0.3, 0.4) is 0 Å². The van der Waals surface area contributed by atoms with Crippen LogP contribution >= 0.6 is 0 Å². The Morgan fingerprint density at radius 2 is 1.94 bits per heavy atom. The second-order valence-electron chi connectivity index (χ2n) is 7.42. The second kappa shape index (κ2) is 8.39. The first kappa shape index (κ1) is 19.0. The van der Waals surface area contributed by atoms with Crippen LogP contribution in [-0.2, 0) is 13.0 Å². The molecule has 7 heteroatoms. The summed E-state index contributed by atoms with van der Waals surface area (Å²) in [5, 5.41) is 9.12. The SMILES string of the molecule is COc1ccc2c(CCNc3nccc(NCc4ccc5[nH]ccc5c4)n3)c[nH]c2c1. The van der Waals surface area contributed by atoms with Crippen molar-refractivity contribution in [2.75, 3.05) is 24.3 Å². The molecule has 156 valence electrons. The lowest BCUT2D eigenvalue weighted by molar-refractivity contribution is 0.415. The van der Waals surface area contributed by atoms with E-state index < -0.39 is 0 Å². The molecule has 3 aromatic heterocycles. The maximum absolute atomic E-state index is 5.29. The fourth-order valence-corrected chi connectivity index (χ4v) is 3.76. The number of hydrogen-bond donors (Lipinski definition) is 4. The van der Waals surface area contributed by atoms with Gasteiger partial charge in [0.05, 0.1) is 7.11 Å². The Hall–Kier alpha value is -4.00. The molecule has 0 saturated heterocycles. The van der Waals surface area contributed by atoms with Crippen LogP contribution in [0.25, 0.3) is 21.8 Å². The molecule has 2 aromatic carbocycles. The van der Waals surface area contributed by atoms with Crippen molar-refractivity contribution in [1.29, 1.82) is 0 Å². The van der Waals surface area contributed by atoms with E-state index in [9.17, 15) is 0 Å². The molecule has 0 aliphatic rings. The third kappa shape index (κ3) is 4.16. The van der Waals surface area contributed by atoms with E-state index in [2.05, 4.69) is 60.9 Å². The average Bonchev–Trinajstić information content (AvgIpc) is 3.44. The standard InChI is InChI=1S/C24H24N6O/c1-31-19-3-4-20-18(15-28-22(20)13-19)7-10-26-24-27-11-8-23(30-24)29-14-16-2-5-21-17(12-16)6-9-25-21/h2-6,8-9,11-13,15,25,28H,7,10,14H2,1H3,(H2,26,27,29,30). The molecule has 0 unspecified atom stereocenters. The van der Waals surface area contributed by atoms with E-state index in [-0.39, 0.29) is 0 Å². The van der Waals surface area contributed by atoms with Crippen molar-refractivity contribution < 1.29 is 4.74 Å². The molecule has 0 amide bonds. The van der Waals surface area contributed by atoms with Crippen molar-refractivity contribution in [2.45, 2.75) is 13.0 Å². The fourth-order valence-electron chi connectivity index (χ4n) is 3.76. The van der Waals surface area contributed by atoms with Gasteiger partial charge in [0.15, 0.2) is 0 Å². The number of ether oxygens (including phenoxy) is 1. The number of nitrogens with one attached hydrogen (secondary N) is 4. The number of aromatic nitrogens is 4. The third-order valence-corrected chi connectivity index (χ3v) is 5.40. The summed E-state index contributed by atoms with van der Waals surface area (Å²) < 4.78 is 5.29. The molecule has 0 radical (unpaired) electrons. The highest BCUT2D eigenvalue weighted by Crippen LogP contribution is 2.23. The Kier molecular flexibility index (Phi) is 5.14. The minimum atomic E-state index is 0.618. The molecule has 31 heavy (non-hydrogen) atoms. The Balaban J connectivity index is 1.18. The second-order valence-corrected chi connectivity index (χ2v) is 7.42.